The van der Waals surface area contributed by atoms with Crippen molar-refractivity contribution in [3.05, 3.63) is 47.5 Å². The zero-order chi connectivity index (χ0) is 20.9. The van der Waals surface area contributed by atoms with Gasteiger partial charge in [-0.15, -0.1) is 0 Å². The highest BCUT2D eigenvalue weighted by Crippen LogP contribution is 2.65. The van der Waals surface area contributed by atoms with Crippen molar-refractivity contribution in [2.24, 2.45) is 28.6 Å². The number of hydrogen-bond acceptors (Lipinski definition) is 4. The van der Waals surface area contributed by atoms with E-state index < -0.39 is 0 Å². The van der Waals surface area contributed by atoms with Gasteiger partial charge in [-0.1, -0.05) is 36.8 Å². The summed E-state index contributed by atoms with van der Waals surface area (Å²) in [6.07, 6.45) is 9.61. The topological polar surface area (TPSA) is 66.8 Å². The molecule has 0 spiro atoms. The fraction of sp³-hybridized carbons (Fsp3) is 0.654. The average Bonchev–Trinajstić information content (AvgIpc) is 3.10. The molecule has 3 fully saturated rings. The van der Waals surface area contributed by atoms with Crippen molar-refractivity contribution >= 4 is 5.97 Å². The Morgan fingerprint density at radius 3 is 2.63 bits per heavy atom. The van der Waals surface area contributed by atoms with Gasteiger partial charge in [-0.2, -0.15) is 0 Å². The van der Waals surface area contributed by atoms with Crippen LogP contribution in [0.1, 0.15) is 68.6 Å². The lowest BCUT2D eigenvalue weighted by Gasteiger charge is -2.58. The third kappa shape index (κ3) is 2.98. The van der Waals surface area contributed by atoms with Crippen molar-refractivity contribution in [3.63, 3.8) is 0 Å². The molecule has 2 unspecified atom stereocenters. The van der Waals surface area contributed by atoms with Crippen LogP contribution in [-0.2, 0) is 4.74 Å². The van der Waals surface area contributed by atoms with Crippen LogP contribution in [0.2, 0.25) is 0 Å². The molecule has 0 aliphatic heterocycles. The summed E-state index contributed by atoms with van der Waals surface area (Å²) in [5, 5.41) is 20.7. The van der Waals surface area contributed by atoms with E-state index in [2.05, 4.69) is 6.92 Å². The molecule has 30 heavy (non-hydrogen) atoms. The molecular weight excluding hydrogens is 376 g/mol. The lowest BCUT2D eigenvalue weighted by molar-refractivity contribution is -0.0969. The first-order valence-electron chi connectivity index (χ1n) is 11.7. The molecule has 4 nitrogen and oxygen atoms in total. The Balaban J connectivity index is 1.38. The van der Waals surface area contributed by atoms with E-state index >= 15 is 0 Å². The van der Waals surface area contributed by atoms with Crippen LogP contribution in [0.5, 0.6) is 0 Å². The van der Waals surface area contributed by atoms with E-state index in [1.54, 1.807) is 0 Å². The quantitative estimate of drug-likeness (QED) is 0.568. The molecule has 3 saturated carbocycles. The zero-order valence-corrected chi connectivity index (χ0v) is 17.9. The van der Waals surface area contributed by atoms with Gasteiger partial charge in [0.15, 0.2) is 0 Å². The van der Waals surface area contributed by atoms with Crippen molar-refractivity contribution < 1.29 is 19.7 Å². The number of ether oxygens (including phenoxy) is 1. The summed E-state index contributed by atoms with van der Waals surface area (Å²) in [6, 6.07) is 9.32. The third-order valence-electron chi connectivity index (χ3n) is 9.27. The van der Waals surface area contributed by atoms with E-state index in [9.17, 15) is 15.0 Å². The molecule has 0 aromatic heterocycles. The highest BCUT2D eigenvalue weighted by Gasteiger charge is 2.60. The lowest BCUT2D eigenvalue weighted by Crippen LogP contribution is -2.54. The SMILES string of the molecule is C[C@]12CC[C@H]3[C@@H](CCC4=CC(O)CC[C@@]43CO)[C@@H]1CCC2OC(=O)c1ccccc1. The van der Waals surface area contributed by atoms with Crippen LogP contribution in [0.4, 0.5) is 0 Å². The molecule has 162 valence electrons. The van der Waals surface area contributed by atoms with Crippen molar-refractivity contribution in [3.8, 4) is 0 Å². The molecule has 0 heterocycles. The van der Waals surface area contributed by atoms with E-state index in [1.165, 1.54) is 5.57 Å². The molecule has 0 bridgehead atoms. The van der Waals surface area contributed by atoms with Crippen molar-refractivity contribution in [1.82, 2.24) is 0 Å². The van der Waals surface area contributed by atoms with Crippen LogP contribution in [-0.4, -0.2) is 35.0 Å². The molecule has 1 aromatic carbocycles. The number of rotatable bonds is 3. The Hall–Kier alpha value is -1.65. The minimum absolute atomic E-state index is 0.0219. The molecule has 0 saturated heterocycles. The van der Waals surface area contributed by atoms with Gasteiger partial charge in [-0.3, -0.25) is 0 Å². The second-order valence-electron chi connectivity index (χ2n) is 10.4. The Morgan fingerprint density at radius 1 is 1.07 bits per heavy atom. The van der Waals surface area contributed by atoms with Crippen molar-refractivity contribution in [2.45, 2.75) is 70.5 Å². The number of fused-ring (bicyclic) bond motifs is 5. The van der Waals surface area contributed by atoms with Crippen LogP contribution in [0, 0.1) is 28.6 Å². The predicted octanol–water partition coefficient (Wildman–Crippen LogP) is 4.51. The highest BCUT2D eigenvalue weighted by atomic mass is 16.5. The Labute approximate surface area is 179 Å². The first kappa shape index (κ1) is 20.3. The van der Waals surface area contributed by atoms with Gasteiger partial charge < -0.3 is 14.9 Å². The van der Waals surface area contributed by atoms with Crippen molar-refractivity contribution in [1.29, 1.82) is 0 Å². The van der Waals surface area contributed by atoms with Crippen LogP contribution in [0.25, 0.3) is 0 Å². The monoisotopic (exact) mass is 410 g/mol. The smallest absolute Gasteiger partial charge is 0.338 e. The maximum atomic E-state index is 12.7. The maximum absolute atomic E-state index is 12.7. The summed E-state index contributed by atoms with van der Waals surface area (Å²) < 4.78 is 6.09. The van der Waals surface area contributed by atoms with Gasteiger partial charge in [-0.05, 0) is 81.3 Å². The van der Waals surface area contributed by atoms with E-state index in [-0.39, 0.29) is 35.6 Å². The molecule has 0 amide bonds. The first-order chi connectivity index (χ1) is 14.5. The number of hydrogen-bond donors (Lipinski definition) is 2. The standard InChI is InChI=1S/C26H34O4/c1-25-13-12-22-20(8-7-18-15-19(28)11-14-26(18,22)16-27)21(25)9-10-23(25)30-24(29)17-5-3-2-4-6-17/h2-6,15,19-23,27-28H,7-14,16H2,1H3/t19?,20-,21-,22-,23?,25-,26+/m0/s1. The minimum Gasteiger partial charge on any atom is -0.458 e. The average molecular weight is 411 g/mol. The number of esters is 1. The van der Waals surface area contributed by atoms with Gasteiger partial charge in [0, 0.05) is 10.8 Å². The Kier molecular flexibility index (Phi) is 5.06. The number of carbonyl (C=O) groups excluding carboxylic acids is 1. The number of aliphatic hydroxyl groups excluding tert-OH is 2. The lowest BCUT2D eigenvalue weighted by atomic mass is 9.47. The molecule has 7 atom stereocenters. The van der Waals surface area contributed by atoms with Crippen LogP contribution in [0.3, 0.4) is 0 Å². The van der Waals surface area contributed by atoms with Crippen LogP contribution < -0.4 is 0 Å². The van der Waals surface area contributed by atoms with Gasteiger partial charge in [0.05, 0.1) is 18.3 Å². The van der Waals surface area contributed by atoms with Crippen LogP contribution in [0.15, 0.2) is 42.0 Å². The van der Waals surface area contributed by atoms with Gasteiger partial charge in [0.2, 0.25) is 0 Å². The number of carbonyl (C=O) groups is 1. The molecule has 5 rings (SSSR count). The molecule has 2 N–H and O–H groups in total. The first-order valence-corrected chi connectivity index (χ1v) is 11.7. The third-order valence-corrected chi connectivity index (χ3v) is 9.27. The zero-order valence-electron chi connectivity index (χ0n) is 17.9. The molecular formula is C26H34O4. The largest absolute Gasteiger partial charge is 0.458 e. The predicted molar refractivity (Wildman–Crippen MR) is 115 cm³/mol. The van der Waals surface area contributed by atoms with E-state index in [0.29, 0.717) is 23.3 Å². The fourth-order valence-electron chi connectivity index (χ4n) is 7.72. The minimum atomic E-state index is -0.349. The number of aliphatic hydroxyl groups is 2. The highest BCUT2D eigenvalue weighted by molar-refractivity contribution is 5.89. The van der Waals surface area contributed by atoms with Gasteiger partial charge in [0.1, 0.15) is 6.10 Å². The molecule has 1 aromatic rings. The van der Waals surface area contributed by atoms with Gasteiger partial charge >= 0.3 is 5.97 Å². The summed E-state index contributed by atoms with van der Waals surface area (Å²) in [7, 11) is 0. The van der Waals surface area contributed by atoms with Crippen LogP contribution >= 0.6 is 0 Å². The summed E-state index contributed by atoms with van der Waals surface area (Å²) in [4.78, 5) is 12.7. The second kappa shape index (κ2) is 7.49. The normalized spacial score (nSPS) is 42.5. The fourth-order valence-corrected chi connectivity index (χ4v) is 7.72. The maximum Gasteiger partial charge on any atom is 0.338 e. The molecule has 4 aliphatic carbocycles. The second-order valence-corrected chi connectivity index (χ2v) is 10.4. The van der Waals surface area contributed by atoms with Gasteiger partial charge in [0.25, 0.3) is 0 Å². The molecule has 0 radical (unpaired) electrons. The van der Waals surface area contributed by atoms with E-state index in [4.69, 9.17) is 4.74 Å². The molecule has 4 heteroatoms. The Bertz CT molecular complexity index is 833. The summed E-state index contributed by atoms with van der Waals surface area (Å²) in [5.41, 5.74) is 1.82. The van der Waals surface area contributed by atoms with E-state index in [1.807, 2.05) is 36.4 Å². The van der Waals surface area contributed by atoms with E-state index in [0.717, 1.165) is 51.4 Å². The summed E-state index contributed by atoms with van der Waals surface area (Å²) >= 11 is 0. The van der Waals surface area contributed by atoms with Crippen molar-refractivity contribution in [2.75, 3.05) is 6.61 Å². The summed E-state index contributed by atoms with van der Waals surface area (Å²) in [6.45, 7) is 2.54. The Morgan fingerprint density at radius 2 is 1.87 bits per heavy atom. The molecule has 4 aliphatic rings. The van der Waals surface area contributed by atoms with Gasteiger partial charge in [-0.25, -0.2) is 4.79 Å². The number of benzene rings is 1. The summed E-state index contributed by atoms with van der Waals surface area (Å²) in [5.74, 6) is 1.40.